The lowest BCUT2D eigenvalue weighted by Crippen LogP contribution is -2.35. The summed E-state index contributed by atoms with van der Waals surface area (Å²) in [5.74, 6) is 2.30. The first-order valence-corrected chi connectivity index (χ1v) is 9.67. The molecule has 3 fully saturated rings. The second kappa shape index (κ2) is 5.88. The third kappa shape index (κ3) is 3.14. The quantitative estimate of drug-likeness (QED) is 0.758. The van der Waals surface area contributed by atoms with E-state index in [9.17, 15) is 0 Å². The van der Waals surface area contributed by atoms with Gasteiger partial charge in [-0.25, -0.2) is 0 Å². The van der Waals surface area contributed by atoms with Gasteiger partial charge in [0.1, 0.15) is 0 Å². The van der Waals surface area contributed by atoms with E-state index < -0.39 is 0 Å². The summed E-state index contributed by atoms with van der Waals surface area (Å²) in [4.78, 5) is 4.01. The van der Waals surface area contributed by atoms with E-state index in [1.807, 2.05) is 0 Å². The Morgan fingerprint density at radius 1 is 0.706 bits per heavy atom. The average Bonchev–Trinajstić information content (AvgIpc) is 2.80. The molecule has 1 N–H and O–H groups in total. The van der Waals surface area contributed by atoms with Crippen LogP contribution in [-0.2, 0) is 0 Å². The first-order chi connectivity index (χ1) is 8.42. The third-order valence-electron chi connectivity index (χ3n) is 5.64. The Morgan fingerprint density at radius 3 is 1.94 bits per heavy atom. The van der Waals surface area contributed by atoms with E-state index in [-0.39, 0.29) is 9.68 Å². The molecule has 98 valence electrons. The van der Waals surface area contributed by atoms with E-state index in [0.29, 0.717) is 0 Å². The van der Waals surface area contributed by atoms with Gasteiger partial charge >= 0.3 is 0 Å². The molecule has 17 heavy (non-hydrogen) atoms. The van der Waals surface area contributed by atoms with Crippen LogP contribution in [0.1, 0.15) is 70.6 Å². The zero-order valence-electron chi connectivity index (χ0n) is 11.3. The molecule has 3 saturated carbocycles. The molecule has 2 heteroatoms. The van der Waals surface area contributed by atoms with E-state index in [1.165, 1.54) is 44.9 Å². The fourth-order valence-corrected chi connectivity index (χ4v) is 6.93. The number of hydrogen-bond donors (Lipinski definition) is 1. The molecule has 3 aliphatic carbocycles. The maximum atomic E-state index is 4.01. The summed E-state index contributed by atoms with van der Waals surface area (Å²) in [7, 11) is 0.0384. The predicted molar refractivity (Wildman–Crippen MR) is 77.0 cm³/mol. The van der Waals surface area contributed by atoms with Crippen molar-refractivity contribution < 1.29 is 0 Å². The van der Waals surface area contributed by atoms with Crippen LogP contribution < -0.4 is 4.98 Å². The molecule has 0 radical (unpaired) electrons. The lowest BCUT2D eigenvalue weighted by Gasteiger charge is -2.24. The molecular formula is C15H29NSi. The van der Waals surface area contributed by atoms with Gasteiger partial charge in [0.25, 0.3) is 0 Å². The second-order valence-electron chi connectivity index (χ2n) is 6.89. The topological polar surface area (TPSA) is 12.0 Å². The minimum atomic E-state index is 0.0384. The van der Waals surface area contributed by atoms with Crippen molar-refractivity contribution in [3.8, 4) is 0 Å². The largest absolute Gasteiger partial charge is 0.339 e. The number of rotatable bonds is 3. The zero-order chi connectivity index (χ0) is 11.5. The van der Waals surface area contributed by atoms with Crippen LogP contribution in [0.2, 0.25) is 5.54 Å². The van der Waals surface area contributed by atoms with Gasteiger partial charge in [-0.2, -0.15) is 0 Å². The van der Waals surface area contributed by atoms with Crippen molar-refractivity contribution in [1.82, 2.24) is 4.98 Å². The number of fused-ring (bicyclic) bond motifs is 1. The minimum absolute atomic E-state index is 0.0384. The lowest BCUT2D eigenvalue weighted by atomic mass is 9.82. The molecule has 0 heterocycles. The highest BCUT2D eigenvalue weighted by Gasteiger charge is 2.35. The average molecular weight is 251 g/mol. The van der Waals surface area contributed by atoms with Crippen LogP contribution in [0.25, 0.3) is 0 Å². The Balaban J connectivity index is 1.40. The number of hydrogen-bond acceptors (Lipinski definition) is 1. The third-order valence-corrected chi connectivity index (χ3v) is 7.70. The van der Waals surface area contributed by atoms with Crippen molar-refractivity contribution in [3.63, 3.8) is 0 Å². The van der Waals surface area contributed by atoms with Crippen molar-refractivity contribution in [3.05, 3.63) is 0 Å². The molecule has 0 aromatic heterocycles. The fraction of sp³-hybridized carbons (Fsp3) is 1.00. The van der Waals surface area contributed by atoms with Gasteiger partial charge in [-0.3, -0.25) is 0 Å². The van der Waals surface area contributed by atoms with E-state index in [2.05, 4.69) is 4.98 Å². The van der Waals surface area contributed by atoms with Crippen LogP contribution in [0.15, 0.2) is 0 Å². The minimum Gasteiger partial charge on any atom is -0.339 e. The first kappa shape index (κ1) is 12.2. The van der Waals surface area contributed by atoms with Crippen LogP contribution in [0.5, 0.6) is 0 Å². The second-order valence-corrected chi connectivity index (χ2v) is 8.86. The highest BCUT2D eigenvalue weighted by atomic mass is 28.2. The van der Waals surface area contributed by atoms with Gasteiger partial charge < -0.3 is 4.98 Å². The lowest BCUT2D eigenvalue weighted by molar-refractivity contribution is 0.277. The maximum absolute atomic E-state index is 4.01. The highest BCUT2D eigenvalue weighted by Crippen LogP contribution is 2.47. The van der Waals surface area contributed by atoms with Gasteiger partial charge in [0.2, 0.25) is 0 Å². The Morgan fingerprint density at radius 2 is 1.29 bits per heavy atom. The van der Waals surface area contributed by atoms with Crippen molar-refractivity contribution >= 4 is 9.68 Å². The maximum Gasteiger partial charge on any atom is 0.0950 e. The molecular weight excluding hydrogens is 222 g/mol. The molecule has 1 nitrogen and oxygen atoms in total. The summed E-state index contributed by atoms with van der Waals surface area (Å²) < 4.78 is 0. The smallest absolute Gasteiger partial charge is 0.0950 e. The molecule has 3 rings (SSSR count). The van der Waals surface area contributed by atoms with Crippen LogP contribution in [0, 0.1) is 11.8 Å². The predicted octanol–water partition coefficient (Wildman–Crippen LogP) is 3.38. The molecule has 0 amide bonds. The molecule has 0 aliphatic heterocycles. The number of nitrogens with one attached hydrogen (secondary N) is 1. The van der Waals surface area contributed by atoms with Gasteiger partial charge in [-0.15, -0.1) is 0 Å². The van der Waals surface area contributed by atoms with Crippen LogP contribution in [-0.4, -0.2) is 15.7 Å². The molecule has 2 atom stereocenters. The molecule has 2 unspecified atom stereocenters. The van der Waals surface area contributed by atoms with Gasteiger partial charge in [-0.05, 0) is 49.1 Å². The molecule has 0 saturated heterocycles. The van der Waals surface area contributed by atoms with Crippen molar-refractivity contribution in [2.75, 3.05) is 0 Å². The molecule has 0 bridgehead atoms. The van der Waals surface area contributed by atoms with Crippen LogP contribution in [0.3, 0.4) is 0 Å². The van der Waals surface area contributed by atoms with E-state index in [1.54, 1.807) is 25.7 Å². The van der Waals surface area contributed by atoms with E-state index >= 15 is 0 Å². The SMILES string of the molecule is C1CCC(N[SiH2]C2CC3CCCCC3C2)CC1. The Labute approximate surface area is 109 Å². The normalized spacial score (nSPS) is 39.9. The van der Waals surface area contributed by atoms with Crippen LogP contribution in [0.4, 0.5) is 0 Å². The summed E-state index contributed by atoms with van der Waals surface area (Å²) in [5, 5.41) is 0. The van der Waals surface area contributed by atoms with Crippen molar-refractivity contribution in [2.45, 2.75) is 82.2 Å². The molecule has 0 aromatic rings. The monoisotopic (exact) mass is 251 g/mol. The highest BCUT2D eigenvalue weighted by molar-refractivity contribution is 6.34. The van der Waals surface area contributed by atoms with Gasteiger partial charge in [0.15, 0.2) is 0 Å². The summed E-state index contributed by atoms with van der Waals surface area (Å²) in [6.07, 6.45) is 16.8. The summed E-state index contributed by atoms with van der Waals surface area (Å²) in [6, 6.07) is 0.929. The van der Waals surface area contributed by atoms with Crippen LogP contribution >= 0.6 is 0 Å². The first-order valence-electron chi connectivity index (χ1n) is 8.15. The van der Waals surface area contributed by atoms with Gasteiger partial charge in [0.05, 0.1) is 9.68 Å². The van der Waals surface area contributed by atoms with E-state index in [0.717, 1.165) is 23.4 Å². The summed E-state index contributed by atoms with van der Waals surface area (Å²) >= 11 is 0. The van der Waals surface area contributed by atoms with Crippen molar-refractivity contribution in [2.24, 2.45) is 11.8 Å². The zero-order valence-corrected chi connectivity index (χ0v) is 12.7. The van der Waals surface area contributed by atoms with Gasteiger partial charge in [-0.1, -0.05) is 44.9 Å². The fourth-order valence-electron chi connectivity index (χ4n) is 4.66. The van der Waals surface area contributed by atoms with E-state index in [4.69, 9.17) is 0 Å². The molecule has 0 spiro atoms. The van der Waals surface area contributed by atoms with Crippen molar-refractivity contribution in [1.29, 1.82) is 0 Å². The summed E-state index contributed by atoms with van der Waals surface area (Å²) in [5.41, 5.74) is 1.16. The molecule has 0 aromatic carbocycles. The summed E-state index contributed by atoms with van der Waals surface area (Å²) in [6.45, 7) is 0. The van der Waals surface area contributed by atoms with Gasteiger partial charge in [0, 0.05) is 0 Å². The standard InChI is InChI=1S/C15H29NSi/c1-2-8-14(9-3-1)16-17-15-10-12-6-4-5-7-13(12)11-15/h12-16H,1-11,17H2. The Kier molecular flexibility index (Phi) is 4.23. The molecule has 3 aliphatic rings. The Bertz CT molecular complexity index is 223. The Hall–Kier alpha value is 0.177.